The Bertz CT molecular complexity index is 1220. The Labute approximate surface area is 197 Å². The number of nitrogens with zero attached hydrogens (tertiary/aromatic N) is 3. The van der Waals surface area contributed by atoms with E-state index < -0.39 is 11.9 Å². The number of methoxy groups -OCH3 is 1. The van der Waals surface area contributed by atoms with Crippen molar-refractivity contribution in [3.8, 4) is 5.75 Å². The first-order valence-electron chi connectivity index (χ1n) is 10.8. The molecule has 176 valence electrons. The smallest absolute Gasteiger partial charge is 0.345 e. The van der Waals surface area contributed by atoms with Gasteiger partial charge in [-0.2, -0.15) is 0 Å². The maximum atomic E-state index is 13.2. The Kier molecular flexibility index (Phi) is 8.16. The standard InChI is InChI=1S/C24H29ClN4O4/c1-5-12-33-21-11-10-20(13-16(21)2)26-23-27-29(14-17(3)22(30)32-4)24(31)28(23)15-18-6-8-19(25)9-7-18/h6-11,13,17H,5,12,14-15H2,1-4H3,(H,26,27)/t17-/m0/s1. The molecule has 0 aliphatic carbocycles. The number of rotatable bonds is 9. The van der Waals surface area contributed by atoms with E-state index in [4.69, 9.17) is 21.1 Å². The highest BCUT2D eigenvalue weighted by Gasteiger charge is 2.17. The minimum absolute atomic E-state index is 0.143. The second-order valence-electron chi connectivity index (χ2n) is 7.88. The number of nitrogens with one attached hydrogen (secondary N) is 1. The number of hydrogen-bond donors (Lipinski definition) is 1. The first kappa shape index (κ1) is 24.4. The molecular formula is C24H29ClN4O4. The Morgan fingerprint density at radius 1 is 1.21 bits per heavy atom. The van der Waals surface area contributed by atoms with E-state index in [0.29, 0.717) is 29.5 Å². The molecule has 0 amide bonds. The highest BCUT2D eigenvalue weighted by Crippen LogP contribution is 2.23. The number of hydrogen-bond acceptors (Lipinski definition) is 5. The number of benzene rings is 2. The van der Waals surface area contributed by atoms with Crippen molar-refractivity contribution in [3.05, 3.63) is 74.7 Å². The van der Waals surface area contributed by atoms with Crippen molar-refractivity contribution in [1.82, 2.24) is 14.3 Å². The van der Waals surface area contributed by atoms with Gasteiger partial charge >= 0.3 is 11.7 Å². The van der Waals surface area contributed by atoms with Crippen LogP contribution in [0.4, 0.5) is 5.69 Å². The van der Waals surface area contributed by atoms with Crippen molar-refractivity contribution >= 4 is 23.3 Å². The lowest BCUT2D eigenvalue weighted by atomic mass is 10.2. The van der Waals surface area contributed by atoms with Crippen molar-refractivity contribution in [1.29, 1.82) is 0 Å². The van der Waals surface area contributed by atoms with Crippen LogP contribution in [-0.2, 0) is 22.6 Å². The van der Waals surface area contributed by atoms with Gasteiger partial charge < -0.3 is 9.47 Å². The molecule has 33 heavy (non-hydrogen) atoms. The van der Waals surface area contributed by atoms with Crippen LogP contribution in [0.25, 0.3) is 0 Å². The number of aromatic nitrogens is 3. The van der Waals surface area contributed by atoms with E-state index >= 15 is 0 Å². The maximum Gasteiger partial charge on any atom is 0.345 e. The number of carbonyl (C=O) groups excluding carboxylic acids is 1. The van der Waals surface area contributed by atoms with Crippen molar-refractivity contribution in [3.63, 3.8) is 0 Å². The summed E-state index contributed by atoms with van der Waals surface area (Å²) in [6.45, 7) is 6.80. The summed E-state index contributed by atoms with van der Waals surface area (Å²) in [4.78, 5) is 29.7. The average molecular weight is 473 g/mol. The number of aryl methyl sites for hydroxylation is 1. The van der Waals surface area contributed by atoms with Gasteiger partial charge in [0.15, 0.2) is 0 Å². The number of H-pyrrole nitrogens is 1. The highest BCUT2D eigenvalue weighted by atomic mass is 35.5. The van der Waals surface area contributed by atoms with Gasteiger partial charge in [0.05, 0.1) is 38.4 Å². The fourth-order valence-electron chi connectivity index (χ4n) is 3.34. The molecule has 1 atom stereocenters. The van der Waals surface area contributed by atoms with Crippen LogP contribution in [0.15, 0.2) is 52.3 Å². The Morgan fingerprint density at radius 2 is 1.94 bits per heavy atom. The molecule has 0 bridgehead atoms. The monoisotopic (exact) mass is 472 g/mol. The van der Waals surface area contributed by atoms with Crippen LogP contribution in [0.5, 0.6) is 5.75 Å². The van der Waals surface area contributed by atoms with Gasteiger partial charge in [0.1, 0.15) is 5.75 Å². The zero-order chi connectivity index (χ0) is 24.0. The van der Waals surface area contributed by atoms with Gasteiger partial charge in [-0.25, -0.2) is 14.5 Å². The highest BCUT2D eigenvalue weighted by molar-refractivity contribution is 6.30. The quantitative estimate of drug-likeness (QED) is 0.479. The van der Waals surface area contributed by atoms with Crippen molar-refractivity contribution in [2.45, 2.75) is 40.3 Å². The second kappa shape index (κ2) is 11.0. The molecule has 0 saturated carbocycles. The molecule has 1 aromatic heterocycles. The van der Waals surface area contributed by atoms with E-state index in [9.17, 15) is 9.59 Å². The summed E-state index contributed by atoms with van der Waals surface area (Å²) >= 11 is 6.00. The lowest BCUT2D eigenvalue weighted by Gasteiger charge is -2.08. The number of esters is 1. The van der Waals surface area contributed by atoms with Crippen LogP contribution in [0, 0.1) is 12.8 Å². The molecule has 0 aliphatic rings. The van der Waals surface area contributed by atoms with Gasteiger partial charge in [0.2, 0.25) is 5.62 Å². The van der Waals surface area contributed by atoms with E-state index in [1.165, 1.54) is 16.4 Å². The Morgan fingerprint density at radius 3 is 2.58 bits per heavy atom. The predicted octanol–water partition coefficient (Wildman–Crippen LogP) is 3.82. The molecule has 0 spiro atoms. The Hall–Kier alpha value is -3.26. The van der Waals surface area contributed by atoms with Gasteiger partial charge in [0.25, 0.3) is 0 Å². The summed E-state index contributed by atoms with van der Waals surface area (Å²) < 4.78 is 13.4. The topological polar surface area (TPSA) is 90.6 Å². The number of ether oxygens (including phenoxy) is 2. The van der Waals surface area contributed by atoms with E-state index in [-0.39, 0.29) is 12.2 Å². The van der Waals surface area contributed by atoms with Crippen LogP contribution in [0.2, 0.25) is 5.02 Å². The molecule has 0 aliphatic heterocycles. The molecule has 8 nitrogen and oxygen atoms in total. The number of carbonyl (C=O) groups is 1. The van der Waals surface area contributed by atoms with Crippen LogP contribution in [0.1, 0.15) is 31.4 Å². The van der Waals surface area contributed by atoms with Crippen LogP contribution < -0.4 is 16.0 Å². The van der Waals surface area contributed by atoms with Crippen molar-refractivity contribution in [2.24, 2.45) is 10.9 Å². The Balaban J connectivity index is 2.03. The summed E-state index contributed by atoms with van der Waals surface area (Å²) in [5, 5.41) is 3.66. The molecule has 0 saturated heterocycles. The molecule has 0 fully saturated rings. The summed E-state index contributed by atoms with van der Waals surface area (Å²) in [6, 6.07) is 12.9. The molecular weight excluding hydrogens is 444 g/mol. The first-order chi connectivity index (χ1) is 15.8. The van der Waals surface area contributed by atoms with Crippen molar-refractivity contribution < 1.29 is 14.3 Å². The first-order valence-corrected chi connectivity index (χ1v) is 11.2. The average Bonchev–Trinajstić information content (AvgIpc) is 3.08. The molecule has 3 rings (SSSR count). The number of halogens is 1. The van der Waals surface area contributed by atoms with Gasteiger partial charge in [-0.3, -0.25) is 14.5 Å². The molecule has 3 aromatic rings. The minimum Gasteiger partial charge on any atom is -0.493 e. The van der Waals surface area contributed by atoms with Gasteiger partial charge in [-0.05, 0) is 54.8 Å². The summed E-state index contributed by atoms with van der Waals surface area (Å²) in [5.74, 6) is -0.0826. The summed E-state index contributed by atoms with van der Waals surface area (Å²) in [5.41, 5.74) is 2.59. The minimum atomic E-state index is -0.500. The van der Waals surface area contributed by atoms with Gasteiger partial charge in [-0.15, -0.1) is 0 Å². The third kappa shape index (κ3) is 6.16. The van der Waals surface area contributed by atoms with E-state index in [0.717, 1.165) is 23.3 Å². The van der Waals surface area contributed by atoms with Crippen LogP contribution >= 0.6 is 11.6 Å². The largest absolute Gasteiger partial charge is 0.493 e. The zero-order valence-electron chi connectivity index (χ0n) is 19.3. The third-order valence-corrected chi connectivity index (χ3v) is 5.37. The van der Waals surface area contributed by atoms with Gasteiger partial charge in [-0.1, -0.05) is 37.6 Å². The fourth-order valence-corrected chi connectivity index (χ4v) is 3.46. The SMILES string of the molecule is CCCOc1ccc(/N=c2\[nH]n(C[C@H](C)C(=O)OC)c(=O)n2Cc2ccc(Cl)cc2)cc1C. The lowest BCUT2D eigenvalue weighted by Crippen LogP contribution is -2.31. The van der Waals surface area contributed by atoms with Crippen molar-refractivity contribution in [2.75, 3.05) is 13.7 Å². The second-order valence-corrected chi connectivity index (χ2v) is 8.31. The lowest BCUT2D eigenvalue weighted by molar-refractivity contribution is -0.145. The fraction of sp³-hybridized carbons (Fsp3) is 0.375. The summed E-state index contributed by atoms with van der Waals surface area (Å²) in [7, 11) is 1.33. The summed E-state index contributed by atoms with van der Waals surface area (Å²) in [6.07, 6.45) is 0.926. The van der Waals surface area contributed by atoms with Gasteiger partial charge in [0, 0.05) is 5.02 Å². The van der Waals surface area contributed by atoms with Crippen LogP contribution in [-0.4, -0.2) is 34.0 Å². The number of aromatic amines is 1. The van der Waals surface area contributed by atoms with E-state index in [1.54, 1.807) is 19.1 Å². The molecule has 0 radical (unpaired) electrons. The third-order valence-electron chi connectivity index (χ3n) is 5.12. The molecule has 1 heterocycles. The predicted molar refractivity (Wildman–Crippen MR) is 127 cm³/mol. The molecule has 0 unspecified atom stereocenters. The van der Waals surface area contributed by atoms with E-state index in [2.05, 4.69) is 17.0 Å². The molecule has 2 aromatic carbocycles. The van der Waals surface area contributed by atoms with E-state index in [1.807, 2.05) is 37.3 Å². The zero-order valence-corrected chi connectivity index (χ0v) is 20.1. The normalized spacial score (nSPS) is 12.6. The maximum absolute atomic E-state index is 13.2. The molecule has 1 N–H and O–H groups in total. The molecule has 9 heteroatoms. The van der Waals surface area contributed by atoms with Crippen LogP contribution in [0.3, 0.4) is 0 Å².